The molecule has 0 radical (unpaired) electrons. The second kappa shape index (κ2) is 6.29. The van der Waals surface area contributed by atoms with Crippen molar-refractivity contribution in [3.63, 3.8) is 0 Å². The lowest BCUT2D eigenvalue weighted by atomic mass is 10.0. The minimum atomic E-state index is -0.343. The zero-order chi connectivity index (χ0) is 14.5. The van der Waals surface area contributed by atoms with Crippen LogP contribution < -0.4 is 11.1 Å². The molecule has 2 rings (SSSR count). The SMILES string of the molecule is CC(C)CC(N)c1nc(C(=O)Nc2cccnc2)co1. The van der Waals surface area contributed by atoms with E-state index in [1.807, 2.05) is 0 Å². The van der Waals surface area contributed by atoms with Crippen molar-refractivity contribution in [2.24, 2.45) is 11.7 Å². The Kier molecular flexibility index (Phi) is 4.47. The molecule has 0 aliphatic carbocycles. The first-order valence-corrected chi connectivity index (χ1v) is 6.48. The fourth-order valence-electron chi connectivity index (χ4n) is 1.80. The van der Waals surface area contributed by atoms with Crippen LogP contribution in [0.15, 0.2) is 35.2 Å². The maximum absolute atomic E-state index is 12.0. The van der Waals surface area contributed by atoms with Gasteiger partial charge in [0.2, 0.25) is 5.89 Å². The Morgan fingerprint density at radius 2 is 2.30 bits per heavy atom. The number of carbonyl (C=O) groups excluding carboxylic acids is 1. The summed E-state index contributed by atoms with van der Waals surface area (Å²) in [5.74, 6) is 0.476. The summed E-state index contributed by atoms with van der Waals surface area (Å²) in [7, 11) is 0. The first-order valence-electron chi connectivity index (χ1n) is 6.48. The number of anilines is 1. The molecule has 0 fully saturated rings. The Morgan fingerprint density at radius 3 is 2.95 bits per heavy atom. The highest BCUT2D eigenvalue weighted by atomic mass is 16.3. The topological polar surface area (TPSA) is 94.0 Å². The number of aromatic nitrogens is 2. The van der Waals surface area contributed by atoms with E-state index in [4.69, 9.17) is 10.2 Å². The normalized spacial score (nSPS) is 12.4. The first-order chi connectivity index (χ1) is 9.56. The van der Waals surface area contributed by atoms with Gasteiger partial charge in [-0.25, -0.2) is 4.98 Å². The number of hydrogen-bond donors (Lipinski definition) is 2. The molecule has 0 spiro atoms. The van der Waals surface area contributed by atoms with Crippen molar-refractivity contribution in [3.05, 3.63) is 42.4 Å². The summed E-state index contributed by atoms with van der Waals surface area (Å²) in [5, 5.41) is 2.69. The summed E-state index contributed by atoms with van der Waals surface area (Å²) in [6.07, 6.45) is 5.27. The van der Waals surface area contributed by atoms with Crippen molar-refractivity contribution in [3.8, 4) is 0 Å². The summed E-state index contributed by atoms with van der Waals surface area (Å²) in [6.45, 7) is 4.14. The van der Waals surface area contributed by atoms with Crippen LogP contribution in [0, 0.1) is 5.92 Å². The molecule has 1 unspecified atom stereocenters. The minimum Gasteiger partial charge on any atom is -0.446 e. The average molecular weight is 274 g/mol. The van der Waals surface area contributed by atoms with Gasteiger partial charge >= 0.3 is 0 Å². The van der Waals surface area contributed by atoms with Crippen LogP contribution in [-0.2, 0) is 0 Å². The number of carbonyl (C=O) groups is 1. The predicted molar refractivity (Wildman–Crippen MR) is 75.1 cm³/mol. The summed E-state index contributed by atoms with van der Waals surface area (Å²) >= 11 is 0. The molecule has 106 valence electrons. The highest BCUT2D eigenvalue weighted by molar-refractivity contribution is 6.02. The molecule has 6 heteroatoms. The van der Waals surface area contributed by atoms with Crippen LogP contribution in [0.1, 0.15) is 42.7 Å². The van der Waals surface area contributed by atoms with Crippen LogP contribution in [0.25, 0.3) is 0 Å². The molecular weight excluding hydrogens is 256 g/mol. The second-order valence-electron chi connectivity index (χ2n) is 5.00. The average Bonchev–Trinajstić information content (AvgIpc) is 2.89. The van der Waals surface area contributed by atoms with Crippen LogP contribution in [-0.4, -0.2) is 15.9 Å². The van der Waals surface area contributed by atoms with Crippen molar-refractivity contribution >= 4 is 11.6 Å². The smallest absolute Gasteiger partial charge is 0.277 e. The summed E-state index contributed by atoms with van der Waals surface area (Å²) < 4.78 is 5.27. The van der Waals surface area contributed by atoms with Crippen molar-refractivity contribution in [2.45, 2.75) is 26.3 Å². The van der Waals surface area contributed by atoms with Gasteiger partial charge in [-0.1, -0.05) is 13.8 Å². The molecule has 1 atom stereocenters. The number of hydrogen-bond acceptors (Lipinski definition) is 5. The van der Waals surface area contributed by atoms with Crippen molar-refractivity contribution in [2.75, 3.05) is 5.32 Å². The molecule has 0 saturated heterocycles. The lowest BCUT2D eigenvalue weighted by molar-refractivity contribution is 0.102. The van der Waals surface area contributed by atoms with Gasteiger partial charge in [-0.15, -0.1) is 0 Å². The molecule has 2 aromatic heterocycles. The van der Waals surface area contributed by atoms with E-state index in [-0.39, 0.29) is 17.6 Å². The van der Waals surface area contributed by atoms with E-state index >= 15 is 0 Å². The third kappa shape index (κ3) is 3.64. The summed E-state index contributed by atoms with van der Waals surface area (Å²) in [5.41, 5.74) is 6.78. The molecule has 2 aromatic rings. The molecule has 0 saturated carbocycles. The van der Waals surface area contributed by atoms with Crippen LogP contribution >= 0.6 is 0 Å². The van der Waals surface area contributed by atoms with Gasteiger partial charge in [0.05, 0.1) is 17.9 Å². The number of nitrogens with zero attached hydrogens (tertiary/aromatic N) is 2. The van der Waals surface area contributed by atoms with Gasteiger partial charge in [0.1, 0.15) is 6.26 Å². The second-order valence-corrected chi connectivity index (χ2v) is 5.00. The molecule has 2 heterocycles. The largest absolute Gasteiger partial charge is 0.446 e. The zero-order valence-corrected chi connectivity index (χ0v) is 11.5. The summed E-state index contributed by atoms with van der Waals surface area (Å²) in [4.78, 5) is 20.0. The van der Waals surface area contributed by atoms with E-state index < -0.39 is 0 Å². The molecule has 1 amide bonds. The maximum Gasteiger partial charge on any atom is 0.277 e. The first kappa shape index (κ1) is 14.2. The fourth-order valence-corrected chi connectivity index (χ4v) is 1.80. The minimum absolute atomic E-state index is 0.211. The Hall–Kier alpha value is -2.21. The van der Waals surface area contributed by atoms with Gasteiger partial charge < -0.3 is 15.5 Å². The third-order valence-corrected chi connectivity index (χ3v) is 2.72. The van der Waals surface area contributed by atoms with Crippen LogP contribution in [0.2, 0.25) is 0 Å². The van der Waals surface area contributed by atoms with E-state index in [2.05, 4.69) is 29.1 Å². The number of nitrogens with one attached hydrogen (secondary N) is 1. The van der Waals surface area contributed by atoms with E-state index in [1.54, 1.807) is 24.5 Å². The quantitative estimate of drug-likeness (QED) is 0.872. The molecule has 0 aliphatic heterocycles. The van der Waals surface area contributed by atoms with Crippen molar-refractivity contribution in [1.82, 2.24) is 9.97 Å². The number of rotatable bonds is 5. The van der Waals surface area contributed by atoms with E-state index in [0.717, 1.165) is 6.42 Å². The molecule has 20 heavy (non-hydrogen) atoms. The maximum atomic E-state index is 12.0. The number of oxazole rings is 1. The number of nitrogens with two attached hydrogens (primary N) is 1. The number of pyridine rings is 1. The number of amides is 1. The van der Waals surface area contributed by atoms with Gasteiger partial charge in [0.15, 0.2) is 5.69 Å². The van der Waals surface area contributed by atoms with Gasteiger partial charge in [0.25, 0.3) is 5.91 Å². The Morgan fingerprint density at radius 1 is 1.50 bits per heavy atom. The van der Waals surface area contributed by atoms with Crippen molar-refractivity contribution in [1.29, 1.82) is 0 Å². The monoisotopic (exact) mass is 274 g/mol. The van der Waals surface area contributed by atoms with E-state index in [9.17, 15) is 4.79 Å². The standard InChI is InChI=1S/C14H18N4O2/c1-9(2)6-11(15)14-18-12(8-20-14)13(19)17-10-4-3-5-16-7-10/h3-5,7-9,11H,6,15H2,1-2H3,(H,17,19). The zero-order valence-electron chi connectivity index (χ0n) is 11.5. The Balaban J connectivity index is 2.03. The molecule has 0 aliphatic rings. The van der Waals surface area contributed by atoms with Gasteiger partial charge in [-0.2, -0.15) is 0 Å². The highest BCUT2D eigenvalue weighted by Crippen LogP contribution is 2.18. The molecular formula is C14H18N4O2. The molecule has 3 N–H and O–H groups in total. The van der Waals surface area contributed by atoms with E-state index in [0.29, 0.717) is 17.5 Å². The van der Waals surface area contributed by atoms with Crippen LogP contribution in [0.4, 0.5) is 5.69 Å². The fraction of sp³-hybridized carbons (Fsp3) is 0.357. The molecule has 6 nitrogen and oxygen atoms in total. The predicted octanol–water partition coefficient (Wildman–Crippen LogP) is 2.37. The van der Waals surface area contributed by atoms with Crippen LogP contribution in [0.5, 0.6) is 0 Å². The van der Waals surface area contributed by atoms with Crippen LogP contribution in [0.3, 0.4) is 0 Å². The van der Waals surface area contributed by atoms with E-state index in [1.165, 1.54) is 6.26 Å². The Labute approximate surface area is 117 Å². The molecule has 0 aromatic carbocycles. The van der Waals surface area contributed by atoms with Gasteiger partial charge in [0, 0.05) is 6.20 Å². The summed E-state index contributed by atoms with van der Waals surface area (Å²) in [6, 6.07) is 3.19. The third-order valence-electron chi connectivity index (χ3n) is 2.72. The van der Waals surface area contributed by atoms with Gasteiger partial charge in [-0.3, -0.25) is 9.78 Å². The van der Waals surface area contributed by atoms with Gasteiger partial charge in [-0.05, 0) is 24.5 Å². The molecule has 0 bridgehead atoms. The lowest BCUT2D eigenvalue weighted by Gasteiger charge is -2.09. The van der Waals surface area contributed by atoms with Crippen molar-refractivity contribution < 1.29 is 9.21 Å². The highest BCUT2D eigenvalue weighted by Gasteiger charge is 2.18. The Bertz CT molecular complexity index is 566. The lowest BCUT2D eigenvalue weighted by Crippen LogP contribution is -2.15.